The van der Waals surface area contributed by atoms with Gasteiger partial charge in [0, 0.05) is 18.8 Å². The highest BCUT2D eigenvalue weighted by molar-refractivity contribution is 5.91. The van der Waals surface area contributed by atoms with Gasteiger partial charge in [0.1, 0.15) is 6.10 Å². The number of hydrogen-bond donors (Lipinski definition) is 1. The Hall–Kier alpha value is -0.450. The Balaban J connectivity index is 1.50. The van der Waals surface area contributed by atoms with Gasteiger partial charge in [0.2, 0.25) is 5.79 Å². The van der Waals surface area contributed by atoms with Crippen LogP contribution in [0.1, 0.15) is 53.4 Å². The van der Waals surface area contributed by atoms with Crippen molar-refractivity contribution in [2.24, 2.45) is 34.5 Å². The Labute approximate surface area is 131 Å². The Morgan fingerprint density at radius 2 is 1.73 bits per heavy atom. The van der Waals surface area contributed by atoms with E-state index in [1.54, 1.807) is 0 Å². The summed E-state index contributed by atoms with van der Waals surface area (Å²) in [5.74, 6) is -1.06. The third kappa shape index (κ3) is 1.28. The van der Waals surface area contributed by atoms with Crippen molar-refractivity contribution in [3.63, 3.8) is 0 Å². The highest BCUT2D eigenvalue weighted by Gasteiger charge is 2.75. The SMILES string of the molecule is CC1(C)[C@H]2C[C@@H]1C1OC3(C[C@H]4C[C@@H](C3=O)C4(C)C)O[C@]1(O)C2. The van der Waals surface area contributed by atoms with E-state index in [4.69, 9.17) is 9.47 Å². The van der Waals surface area contributed by atoms with Crippen molar-refractivity contribution < 1.29 is 19.4 Å². The average molecular weight is 306 g/mol. The van der Waals surface area contributed by atoms with Gasteiger partial charge in [0.15, 0.2) is 11.6 Å². The largest absolute Gasteiger partial charge is 0.363 e. The molecule has 1 aliphatic heterocycles. The Bertz CT molecular complexity index is 582. The quantitative estimate of drug-likeness (QED) is 0.747. The van der Waals surface area contributed by atoms with Crippen LogP contribution in [0, 0.1) is 34.5 Å². The van der Waals surface area contributed by atoms with Crippen LogP contribution in [-0.4, -0.2) is 28.6 Å². The minimum absolute atomic E-state index is 0.0259. The molecule has 4 heteroatoms. The zero-order chi connectivity index (χ0) is 15.7. The lowest BCUT2D eigenvalue weighted by atomic mass is 9.46. The zero-order valence-electron chi connectivity index (χ0n) is 13.9. The zero-order valence-corrected chi connectivity index (χ0v) is 13.9. The van der Waals surface area contributed by atoms with Gasteiger partial charge >= 0.3 is 0 Å². The molecule has 0 radical (unpaired) electrons. The summed E-state index contributed by atoms with van der Waals surface area (Å²) in [6.45, 7) is 8.85. The number of ether oxygens (including phenoxy) is 2. The highest BCUT2D eigenvalue weighted by Crippen LogP contribution is 2.69. The van der Waals surface area contributed by atoms with E-state index in [1.165, 1.54) is 0 Å². The third-order valence-corrected chi connectivity index (χ3v) is 8.23. The van der Waals surface area contributed by atoms with Gasteiger partial charge in [-0.1, -0.05) is 27.7 Å². The Kier molecular flexibility index (Phi) is 2.20. The van der Waals surface area contributed by atoms with Crippen LogP contribution in [0.4, 0.5) is 0 Å². The van der Waals surface area contributed by atoms with Crippen molar-refractivity contribution in [2.45, 2.75) is 71.1 Å². The van der Waals surface area contributed by atoms with Gasteiger partial charge < -0.3 is 14.6 Å². The molecular formula is C18H26O4. The number of rotatable bonds is 0. The molecule has 4 nitrogen and oxygen atoms in total. The van der Waals surface area contributed by atoms with Gasteiger partial charge in [-0.2, -0.15) is 0 Å². The van der Waals surface area contributed by atoms with Gasteiger partial charge in [-0.05, 0) is 41.4 Å². The molecule has 1 saturated heterocycles. The summed E-state index contributed by atoms with van der Waals surface area (Å²) in [6.07, 6.45) is 2.94. The second-order valence-electron chi connectivity index (χ2n) is 9.68. The number of hydrogen-bond acceptors (Lipinski definition) is 4. The van der Waals surface area contributed by atoms with Crippen molar-refractivity contribution in [3.05, 3.63) is 0 Å². The topological polar surface area (TPSA) is 55.8 Å². The van der Waals surface area contributed by atoms with Crippen LogP contribution in [0.2, 0.25) is 0 Å². The molecule has 122 valence electrons. The van der Waals surface area contributed by atoms with Gasteiger partial charge in [-0.15, -0.1) is 0 Å². The van der Waals surface area contributed by atoms with Crippen LogP contribution >= 0.6 is 0 Å². The summed E-state index contributed by atoms with van der Waals surface area (Å²) in [5.41, 5.74) is 0.249. The van der Waals surface area contributed by atoms with E-state index < -0.39 is 11.6 Å². The molecule has 0 amide bonds. The van der Waals surface area contributed by atoms with Crippen molar-refractivity contribution in [2.75, 3.05) is 0 Å². The van der Waals surface area contributed by atoms with Gasteiger partial charge in [0.05, 0.1) is 0 Å². The maximum Gasteiger partial charge on any atom is 0.232 e. The van der Waals surface area contributed by atoms with Crippen LogP contribution in [-0.2, 0) is 14.3 Å². The van der Waals surface area contributed by atoms with Crippen molar-refractivity contribution in [1.29, 1.82) is 0 Å². The molecule has 6 aliphatic carbocycles. The normalized spacial score (nSPS) is 59.7. The van der Waals surface area contributed by atoms with Gasteiger partial charge in [-0.25, -0.2) is 0 Å². The molecule has 0 aromatic carbocycles. The van der Waals surface area contributed by atoms with Crippen LogP contribution < -0.4 is 0 Å². The van der Waals surface area contributed by atoms with E-state index in [0.29, 0.717) is 30.6 Å². The first-order valence-corrected chi connectivity index (χ1v) is 8.75. The average Bonchev–Trinajstić information content (AvgIpc) is 2.73. The van der Waals surface area contributed by atoms with Crippen LogP contribution in [0.25, 0.3) is 0 Å². The maximum absolute atomic E-state index is 13.0. The first kappa shape index (κ1) is 13.9. The number of ketones is 1. The molecule has 6 saturated carbocycles. The van der Waals surface area contributed by atoms with E-state index in [1.807, 2.05) is 0 Å². The molecule has 7 aliphatic rings. The second kappa shape index (κ2) is 3.47. The van der Waals surface area contributed by atoms with Crippen LogP contribution in [0.5, 0.6) is 0 Å². The maximum atomic E-state index is 13.0. The minimum atomic E-state index is -1.24. The molecule has 7 atom stereocenters. The Morgan fingerprint density at radius 3 is 2.32 bits per heavy atom. The predicted molar refractivity (Wildman–Crippen MR) is 78.6 cm³/mol. The number of Topliss-reactive ketones (excluding diaryl/α,β-unsaturated/α-hetero) is 1. The molecule has 4 bridgehead atoms. The van der Waals surface area contributed by atoms with E-state index in [2.05, 4.69) is 27.7 Å². The lowest BCUT2D eigenvalue weighted by Gasteiger charge is -2.61. The molecule has 0 aromatic heterocycles. The van der Waals surface area contributed by atoms with Crippen molar-refractivity contribution >= 4 is 5.78 Å². The molecule has 22 heavy (non-hydrogen) atoms. The summed E-state index contributed by atoms with van der Waals surface area (Å²) in [5, 5.41) is 11.0. The fourth-order valence-electron chi connectivity index (χ4n) is 6.18. The number of carbonyl (C=O) groups is 1. The van der Waals surface area contributed by atoms with E-state index in [-0.39, 0.29) is 28.6 Å². The van der Waals surface area contributed by atoms with E-state index >= 15 is 0 Å². The predicted octanol–water partition coefficient (Wildman–Crippen LogP) is 2.49. The van der Waals surface area contributed by atoms with E-state index in [9.17, 15) is 9.90 Å². The second-order valence-corrected chi connectivity index (χ2v) is 9.68. The smallest absolute Gasteiger partial charge is 0.232 e. The lowest BCUT2D eigenvalue weighted by Crippen LogP contribution is -2.65. The third-order valence-electron chi connectivity index (χ3n) is 8.23. The minimum Gasteiger partial charge on any atom is -0.363 e. The molecular weight excluding hydrogens is 280 g/mol. The molecule has 7 fully saturated rings. The fraction of sp³-hybridized carbons (Fsp3) is 0.944. The first-order valence-electron chi connectivity index (χ1n) is 8.75. The number of aliphatic hydroxyl groups is 1. The lowest BCUT2D eigenvalue weighted by molar-refractivity contribution is -0.297. The van der Waals surface area contributed by atoms with Crippen LogP contribution in [0.3, 0.4) is 0 Å². The molecule has 2 unspecified atom stereocenters. The highest BCUT2D eigenvalue weighted by atomic mass is 16.8. The summed E-state index contributed by atoms with van der Waals surface area (Å²) >= 11 is 0. The standard InChI is InChI=1S/C18H26O4/c1-15(2)10-5-11(15)13(19)18(8-10)21-14-12-6-9(16(12,3)4)7-17(14,20)22-18/h9-12,14,20H,5-8H2,1-4H3/t9-,10+,11-,12+,14?,17+,18?/m0/s1. The van der Waals surface area contributed by atoms with Gasteiger partial charge in [-0.3, -0.25) is 4.79 Å². The van der Waals surface area contributed by atoms with E-state index in [0.717, 1.165) is 12.8 Å². The molecule has 7 rings (SSSR count). The van der Waals surface area contributed by atoms with Crippen molar-refractivity contribution in [1.82, 2.24) is 0 Å². The molecule has 0 aromatic rings. The first-order chi connectivity index (χ1) is 10.1. The summed E-state index contributed by atoms with van der Waals surface area (Å²) in [6, 6.07) is 0. The summed E-state index contributed by atoms with van der Waals surface area (Å²) in [4.78, 5) is 13.0. The molecule has 1 spiro atoms. The molecule has 1 N–H and O–H groups in total. The summed E-state index contributed by atoms with van der Waals surface area (Å²) < 4.78 is 12.3. The molecule has 1 heterocycles. The number of carbonyl (C=O) groups excluding carboxylic acids is 1. The fourth-order valence-corrected chi connectivity index (χ4v) is 6.18. The van der Waals surface area contributed by atoms with Crippen molar-refractivity contribution in [3.8, 4) is 0 Å². The van der Waals surface area contributed by atoms with Crippen LogP contribution in [0.15, 0.2) is 0 Å². The summed E-state index contributed by atoms with van der Waals surface area (Å²) in [7, 11) is 0. The Morgan fingerprint density at radius 1 is 1.05 bits per heavy atom. The van der Waals surface area contributed by atoms with Gasteiger partial charge in [0.25, 0.3) is 0 Å². The monoisotopic (exact) mass is 306 g/mol.